The minimum absolute atomic E-state index is 0.519. The molecule has 0 N–H and O–H groups in total. The molecule has 0 radical (unpaired) electrons. The zero-order valence-corrected chi connectivity index (χ0v) is 26.1. The fourth-order valence-electron chi connectivity index (χ4n) is 6.98. The average molecular weight is 625 g/mol. The van der Waals surface area contributed by atoms with Crippen LogP contribution >= 0.6 is 0 Å². The first-order valence-electron chi connectivity index (χ1n) is 15.9. The lowest BCUT2D eigenvalue weighted by Gasteiger charge is -2.18. The molecule has 226 valence electrons. The van der Waals surface area contributed by atoms with Crippen molar-refractivity contribution in [3.05, 3.63) is 163 Å². The maximum Gasteiger partial charge on any atom is 0.205 e. The highest BCUT2D eigenvalue weighted by Gasteiger charge is 2.20. The number of para-hydroxylation sites is 1. The van der Waals surface area contributed by atoms with Crippen LogP contribution in [-0.2, 0) is 0 Å². The van der Waals surface area contributed by atoms with Gasteiger partial charge in [0.05, 0.1) is 12.1 Å². The van der Waals surface area contributed by atoms with Gasteiger partial charge < -0.3 is 4.42 Å². The van der Waals surface area contributed by atoms with Crippen molar-refractivity contribution in [3.8, 4) is 50.6 Å². The Morgan fingerprint density at radius 2 is 1.04 bits per heavy atom. The van der Waals surface area contributed by atoms with E-state index in [1.165, 1.54) is 0 Å². The third kappa shape index (κ3) is 4.69. The first-order chi connectivity index (χ1) is 24.2. The first kappa shape index (κ1) is 28.2. The summed E-state index contributed by atoms with van der Waals surface area (Å²) >= 11 is 0. The number of nitriles is 1. The lowest BCUT2D eigenvalue weighted by molar-refractivity contribution is 0.669. The molecule has 5 nitrogen and oxygen atoms in total. The number of aromatic nitrogens is 2. The zero-order valence-electron chi connectivity index (χ0n) is 26.1. The molecule has 0 saturated heterocycles. The number of nitrogens with zero attached hydrogens (tertiary/aromatic N) is 4. The van der Waals surface area contributed by atoms with Gasteiger partial charge in [0.1, 0.15) is 17.2 Å². The fraction of sp³-hybridized carbons (Fsp3) is 0. The normalized spacial score (nSPS) is 11.2. The maximum absolute atomic E-state index is 9.40. The minimum Gasteiger partial charge on any atom is -0.456 e. The van der Waals surface area contributed by atoms with Crippen LogP contribution in [0.5, 0.6) is 0 Å². The Morgan fingerprint density at radius 1 is 0.490 bits per heavy atom. The van der Waals surface area contributed by atoms with Crippen LogP contribution in [0, 0.1) is 17.9 Å². The fourth-order valence-corrected chi connectivity index (χ4v) is 6.98. The van der Waals surface area contributed by atoms with Crippen LogP contribution in [0.15, 0.2) is 151 Å². The molecule has 0 aliphatic carbocycles. The number of furan rings is 1. The molecule has 3 heterocycles. The van der Waals surface area contributed by atoms with E-state index in [0.717, 1.165) is 88.0 Å². The molecule has 0 spiro atoms. The van der Waals surface area contributed by atoms with E-state index in [1.54, 1.807) is 24.8 Å². The summed E-state index contributed by atoms with van der Waals surface area (Å²) in [5, 5.41) is 16.1. The van der Waals surface area contributed by atoms with E-state index in [4.69, 9.17) is 11.0 Å². The predicted molar refractivity (Wildman–Crippen MR) is 197 cm³/mol. The van der Waals surface area contributed by atoms with Gasteiger partial charge in [-0.3, -0.25) is 9.97 Å². The van der Waals surface area contributed by atoms with Gasteiger partial charge in [0.15, 0.2) is 0 Å². The second kappa shape index (κ2) is 11.3. The largest absolute Gasteiger partial charge is 0.456 e. The molecular formula is C44H24N4O. The molecule has 9 aromatic rings. The van der Waals surface area contributed by atoms with Crippen LogP contribution < -0.4 is 0 Å². The second-order valence-electron chi connectivity index (χ2n) is 12.1. The van der Waals surface area contributed by atoms with E-state index in [2.05, 4.69) is 112 Å². The third-order valence-corrected chi connectivity index (χ3v) is 9.26. The quantitative estimate of drug-likeness (QED) is 0.144. The Morgan fingerprint density at radius 3 is 1.67 bits per heavy atom. The van der Waals surface area contributed by atoms with E-state index in [9.17, 15) is 5.26 Å². The molecule has 0 aliphatic rings. The van der Waals surface area contributed by atoms with Crippen LogP contribution in [-0.4, -0.2) is 9.97 Å². The lowest BCUT2D eigenvalue weighted by atomic mass is 9.85. The molecule has 0 aliphatic heterocycles. The van der Waals surface area contributed by atoms with Gasteiger partial charge in [-0.1, -0.05) is 91.0 Å². The summed E-state index contributed by atoms with van der Waals surface area (Å²) in [4.78, 5) is 12.1. The van der Waals surface area contributed by atoms with Crippen molar-refractivity contribution >= 4 is 49.2 Å². The zero-order chi connectivity index (χ0) is 32.9. The molecule has 9 rings (SSSR count). The minimum atomic E-state index is 0.519. The Labute approximate surface area is 281 Å². The standard InChI is InChI=1S/C44H24N4O/c1-46-34-19-33(25-48-26-34)29-12-16-30(17-13-29)43-36-7-2-3-8-37(36)44(31-14-10-28(11-15-31)32-18-27(22-45)23-47-24-32)40-21-42-38(20-39(40)43)35-6-4-5-9-41(35)49-42/h2-21,23-26H. The Bertz CT molecular complexity index is 2840. The summed E-state index contributed by atoms with van der Waals surface area (Å²) in [6.45, 7) is 7.41. The number of rotatable bonds is 4. The van der Waals surface area contributed by atoms with E-state index in [1.807, 2.05) is 30.3 Å². The van der Waals surface area contributed by atoms with Gasteiger partial charge in [-0.2, -0.15) is 5.26 Å². The van der Waals surface area contributed by atoms with E-state index in [-0.39, 0.29) is 0 Å². The monoisotopic (exact) mass is 624 g/mol. The first-order valence-corrected chi connectivity index (χ1v) is 15.9. The summed E-state index contributed by atoms with van der Waals surface area (Å²) < 4.78 is 6.43. The van der Waals surface area contributed by atoms with Crippen molar-refractivity contribution in [3.63, 3.8) is 0 Å². The smallest absolute Gasteiger partial charge is 0.205 e. The van der Waals surface area contributed by atoms with Crippen LogP contribution in [0.1, 0.15) is 5.56 Å². The highest BCUT2D eigenvalue weighted by Crippen LogP contribution is 2.46. The Kier molecular flexibility index (Phi) is 6.50. The van der Waals surface area contributed by atoms with Gasteiger partial charge in [0.25, 0.3) is 0 Å². The van der Waals surface area contributed by atoms with Gasteiger partial charge >= 0.3 is 0 Å². The van der Waals surface area contributed by atoms with E-state index in [0.29, 0.717) is 11.3 Å². The predicted octanol–water partition coefficient (Wildman–Crippen LogP) is 11.8. The van der Waals surface area contributed by atoms with Gasteiger partial charge in [-0.15, -0.1) is 0 Å². The molecule has 5 heteroatoms. The molecule has 0 fully saturated rings. The summed E-state index contributed by atoms with van der Waals surface area (Å²) in [6.07, 6.45) is 6.75. The molecular weight excluding hydrogens is 601 g/mol. The van der Waals surface area contributed by atoms with Crippen molar-refractivity contribution < 1.29 is 4.42 Å². The van der Waals surface area contributed by atoms with E-state index >= 15 is 0 Å². The van der Waals surface area contributed by atoms with E-state index < -0.39 is 0 Å². The summed E-state index contributed by atoms with van der Waals surface area (Å²) in [5.74, 6) is 0. The molecule has 0 amide bonds. The van der Waals surface area contributed by atoms with Gasteiger partial charge in [-0.25, -0.2) is 4.85 Å². The third-order valence-electron chi connectivity index (χ3n) is 9.26. The second-order valence-corrected chi connectivity index (χ2v) is 12.1. The van der Waals surface area contributed by atoms with Gasteiger partial charge in [0.2, 0.25) is 5.69 Å². The average Bonchev–Trinajstić information content (AvgIpc) is 3.54. The van der Waals surface area contributed by atoms with Crippen LogP contribution in [0.25, 0.3) is 92.8 Å². The molecule has 6 aromatic carbocycles. The molecule has 0 unspecified atom stereocenters. The number of hydrogen-bond acceptors (Lipinski definition) is 4. The van der Waals surface area contributed by atoms with Crippen LogP contribution in [0.3, 0.4) is 0 Å². The summed E-state index contributed by atoms with van der Waals surface area (Å²) in [5.41, 5.74) is 11.0. The topological polar surface area (TPSA) is 67.1 Å². The Balaban J connectivity index is 1.31. The maximum atomic E-state index is 9.40. The lowest BCUT2D eigenvalue weighted by Crippen LogP contribution is -1.91. The molecule has 0 atom stereocenters. The number of hydrogen-bond donors (Lipinski definition) is 0. The van der Waals surface area contributed by atoms with Crippen LogP contribution in [0.4, 0.5) is 5.69 Å². The van der Waals surface area contributed by atoms with Crippen molar-refractivity contribution in [2.45, 2.75) is 0 Å². The van der Waals surface area contributed by atoms with Gasteiger partial charge in [0, 0.05) is 41.1 Å². The molecule has 49 heavy (non-hydrogen) atoms. The SMILES string of the molecule is [C-]#[N+]c1cncc(-c2ccc(-c3c4ccccc4c(-c4ccc(-c5cncc(C#N)c5)cc4)c4cc5oc6ccccc6c5cc34)cc2)c1. The number of pyridine rings is 2. The van der Waals surface area contributed by atoms with Gasteiger partial charge in [-0.05, 0) is 90.8 Å². The molecule has 0 saturated carbocycles. The van der Waals surface area contributed by atoms with Crippen molar-refractivity contribution in [2.75, 3.05) is 0 Å². The van der Waals surface area contributed by atoms with Crippen molar-refractivity contribution in [1.29, 1.82) is 5.26 Å². The number of benzene rings is 6. The van der Waals surface area contributed by atoms with Crippen molar-refractivity contribution in [1.82, 2.24) is 9.97 Å². The highest BCUT2D eigenvalue weighted by atomic mass is 16.3. The van der Waals surface area contributed by atoms with Crippen molar-refractivity contribution in [2.24, 2.45) is 0 Å². The molecule has 3 aromatic heterocycles. The molecule has 0 bridgehead atoms. The van der Waals surface area contributed by atoms with Crippen LogP contribution in [0.2, 0.25) is 0 Å². The Hall–Kier alpha value is -7.08. The number of fused-ring (bicyclic) bond motifs is 5. The summed E-state index contributed by atoms with van der Waals surface area (Å²) in [6, 6.07) is 44.2. The summed E-state index contributed by atoms with van der Waals surface area (Å²) in [7, 11) is 0. The highest BCUT2D eigenvalue weighted by molar-refractivity contribution is 6.25.